The number of carbonyl (C=O) groups is 1. The van der Waals surface area contributed by atoms with E-state index in [4.69, 9.17) is 5.73 Å². The molecule has 0 aliphatic carbocycles. The molecule has 0 saturated carbocycles. The van der Waals surface area contributed by atoms with Gasteiger partial charge < -0.3 is 11.1 Å². The number of rotatable bonds is 3. The second-order valence-corrected chi connectivity index (χ2v) is 6.15. The Balaban J connectivity index is 2.29. The lowest BCUT2D eigenvalue weighted by atomic mass is 10.2. The lowest BCUT2D eigenvalue weighted by Crippen LogP contribution is -2.36. The Morgan fingerprint density at radius 2 is 2.16 bits per heavy atom. The molecule has 0 radical (unpaired) electrons. The van der Waals surface area contributed by atoms with Gasteiger partial charge in [0.15, 0.2) is 0 Å². The van der Waals surface area contributed by atoms with E-state index in [0.717, 1.165) is 12.1 Å². The Labute approximate surface area is 110 Å². The van der Waals surface area contributed by atoms with Crippen molar-refractivity contribution in [1.29, 1.82) is 0 Å². The number of hydrogen-bond donors (Lipinski definition) is 3. The number of nitrogens with two attached hydrogens (primary N) is 1. The molecule has 1 fully saturated rings. The summed E-state index contributed by atoms with van der Waals surface area (Å²) in [5.41, 5.74) is 6.25. The quantitative estimate of drug-likeness (QED) is 0.675. The highest BCUT2D eigenvalue weighted by atomic mass is 32.2. The van der Waals surface area contributed by atoms with Crippen LogP contribution in [0.4, 0.5) is 10.1 Å². The molecule has 1 aliphatic heterocycles. The molecule has 6 nitrogen and oxygen atoms in total. The number of amides is 1. The van der Waals surface area contributed by atoms with Gasteiger partial charge in [0.2, 0.25) is 15.9 Å². The van der Waals surface area contributed by atoms with Crippen molar-refractivity contribution in [1.82, 2.24) is 10.0 Å². The van der Waals surface area contributed by atoms with E-state index in [0.29, 0.717) is 5.56 Å². The van der Waals surface area contributed by atoms with Crippen LogP contribution in [-0.2, 0) is 14.8 Å². The summed E-state index contributed by atoms with van der Waals surface area (Å²) in [5.74, 6) is -1.10. The van der Waals surface area contributed by atoms with Gasteiger partial charge in [-0.3, -0.25) is 4.79 Å². The fourth-order valence-electron chi connectivity index (χ4n) is 1.85. The van der Waals surface area contributed by atoms with Crippen LogP contribution >= 0.6 is 0 Å². The van der Waals surface area contributed by atoms with Crippen molar-refractivity contribution >= 4 is 21.6 Å². The van der Waals surface area contributed by atoms with Gasteiger partial charge in [-0.1, -0.05) is 0 Å². The zero-order valence-electron chi connectivity index (χ0n) is 10.2. The van der Waals surface area contributed by atoms with Crippen LogP contribution in [0.5, 0.6) is 0 Å². The molecule has 1 unspecified atom stereocenters. The lowest BCUT2D eigenvalue weighted by molar-refractivity contribution is -0.119. The van der Waals surface area contributed by atoms with Gasteiger partial charge in [-0.15, -0.1) is 0 Å². The van der Waals surface area contributed by atoms with Gasteiger partial charge in [-0.2, -0.15) is 0 Å². The summed E-state index contributed by atoms with van der Waals surface area (Å²) in [6.07, 6.45) is 0.0438. The van der Waals surface area contributed by atoms with E-state index < -0.39 is 26.8 Å². The van der Waals surface area contributed by atoms with E-state index in [2.05, 4.69) is 10.0 Å². The van der Waals surface area contributed by atoms with Crippen molar-refractivity contribution in [2.24, 2.45) is 0 Å². The first-order valence-electron chi connectivity index (χ1n) is 5.64. The van der Waals surface area contributed by atoms with Gasteiger partial charge in [-0.25, -0.2) is 17.5 Å². The summed E-state index contributed by atoms with van der Waals surface area (Å²) in [6, 6.07) is 1.58. The second kappa shape index (κ2) is 4.78. The summed E-state index contributed by atoms with van der Waals surface area (Å²) in [5, 5.41) is 2.49. The van der Waals surface area contributed by atoms with Crippen molar-refractivity contribution < 1.29 is 17.6 Å². The van der Waals surface area contributed by atoms with Gasteiger partial charge in [0, 0.05) is 24.7 Å². The number of hydrogen-bond acceptors (Lipinski definition) is 4. The lowest BCUT2D eigenvalue weighted by Gasteiger charge is -2.13. The number of anilines is 1. The van der Waals surface area contributed by atoms with Crippen molar-refractivity contribution in [3.63, 3.8) is 0 Å². The fourth-order valence-corrected chi connectivity index (χ4v) is 3.18. The molecule has 19 heavy (non-hydrogen) atoms. The predicted molar refractivity (Wildman–Crippen MR) is 67.3 cm³/mol. The van der Waals surface area contributed by atoms with Crippen LogP contribution in [-0.4, -0.2) is 26.9 Å². The van der Waals surface area contributed by atoms with Gasteiger partial charge in [0.25, 0.3) is 0 Å². The Morgan fingerprint density at radius 3 is 2.74 bits per heavy atom. The number of benzene rings is 1. The molecule has 1 aliphatic rings. The summed E-state index contributed by atoms with van der Waals surface area (Å²) in [6.45, 7) is 1.78. The van der Waals surface area contributed by atoms with Crippen molar-refractivity contribution in [3.8, 4) is 0 Å². The van der Waals surface area contributed by atoms with Gasteiger partial charge >= 0.3 is 0 Å². The molecular weight excluding hydrogens is 273 g/mol. The van der Waals surface area contributed by atoms with E-state index >= 15 is 0 Å². The Bertz CT molecular complexity index is 630. The number of sulfonamides is 1. The van der Waals surface area contributed by atoms with Crippen LogP contribution < -0.4 is 15.8 Å². The first-order chi connectivity index (χ1) is 8.79. The van der Waals surface area contributed by atoms with Gasteiger partial charge in [-0.05, 0) is 24.6 Å². The number of nitrogens with one attached hydrogen (secondary N) is 2. The van der Waals surface area contributed by atoms with E-state index in [1.165, 1.54) is 0 Å². The molecule has 0 aromatic heterocycles. The molecule has 1 aromatic rings. The molecule has 8 heteroatoms. The third-order valence-electron chi connectivity index (χ3n) is 2.91. The SMILES string of the molecule is Cc1cc(F)c(S(=O)(=O)NC2CNC(=O)C2)cc1N. The van der Waals surface area contributed by atoms with Gasteiger partial charge in [0.1, 0.15) is 10.7 Å². The van der Waals surface area contributed by atoms with Crippen LogP contribution in [0.15, 0.2) is 17.0 Å². The number of aryl methyl sites for hydroxylation is 1. The van der Waals surface area contributed by atoms with Gasteiger partial charge in [0.05, 0.1) is 0 Å². The molecule has 4 N–H and O–H groups in total. The average molecular weight is 287 g/mol. The third-order valence-corrected chi connectivity index (χ3v) is 4.44. The van der Waals surface area contributed by atoms with E-state index in [-0.39, 0.29) is 24.6 Å². The molecule has 0 spiro atoms. The normalized spacial score (nSPS) is 19.5. The minimum absolute atomic E-state index is 0.0438. The molecule has 1 atom stereocenters. The van der Waals surface area contributed by atoms with E-state index in [1.54, 1.807) is 6.92 Å². The second-order valence-electron chi connectivity index (χ2n) is 4.47. The highest BCUT2D eigenvalue weighted by Gasteiger charge is 2.28. The third kappa shape index (κ3) is 2.85. The molecule has 1 aromatic carbocycles. The molecule has 1 heterocycles. The predicted octanol–water partition coefficient (Wildman–Crippen LogP) is -0.117. The summed E-state index contributed by atoms with van der Waals surface area (Å²) in [7, 11) is -4.03. The Morgan fingerprint density at radius 1 is 1.47 bits per heavy atom. The van der Waals surface area contributed by atoms with Crippen molar-refractivity contribution in [3.05, 3.63) is 23.5 Å². The Kier molecular flexibility index (Phi) is 3.46. The maximum atomic E-state index is 13.7. The smallest absolute Gasteiger partial charge is 0.243 e. The first-order valence-corrected chi connectivity index (χ1v) is 7.12. The van der Waals surface area contributed by atoms with E-state index in [1.807, 2.05) is 0 Å². The zero-order chi connectivity index (χ0) is 14.2. The van der Waals surface area contributed by atoms with Crippen LogP contribution in [0, 0.1) is 12.7 Å². The molecule has 2 rings (SSSR count). The molecule has 1 saturated heterocycles. The molecule has 0 bridgehead atoms. The molecule has 104 valence electrons. The number of nitrogen functional groups attached to an aromatic ring is 1. The summed E-state index contributed by atoms with van der Waals surface area (Å²) >= 11 is 0. The summed E-state index contributed by atoms with van der Waals surface area (Å²) < 4.78 is 40.1. The summed E-state index contributed by atoms with van der Waals surface area (Å²) in [4.78, 5) is 10.5. The minimum Gasteiger partial charge on any atom is -0.398 e. The number of halogens is 1. The van der Waals surface area contributed by atoms with Crippen molar-refractivity contribution in [2.45, 2.75) is 24.3 Å². The molecular formula is C11H14FN3O3S. The highest BCUT2D eigenvalue weighted by molar-refractivity contribution is 7.89. The monoisotopic (exact) mass is 287 g/mol. The Hall–Kier alpha value is -1.67. The maximum Gasteiger partial charge on any atom is 0.243 e. The highest BCUT2D eigenvalue weighted by Crippen LogP contribution is 2.21. The minimum atomic E-state index is -4.03. The van der Waals surface area contributed by atoms with Crippen LogP contribution in [0.25, 0.3) is 0 Å². The average Bonchev–Trinajstić information content (AvgIpc) is 2.68. The molecule has 1 amide bonds. The standard InChI is InChI=1S/C11H14FN3O3S/c1-6-2-8(12)10(4-9(6)13)19(17,18)15-7-3-11(16)14-5-7/h2,4,7,15H,3,5,13H2,1H3,(H,14,16). The van der Waals surface area contributed by atoms with Crippen molar-refractivity contribution in [2.75, 3.05) is 12.3 Å². The topological polar surface area (TPSA) is 101 Å². The van der Waals surface area contributed by atoms with Crippen LogP contribution in [0.3, 0.4) is 0 Å². The number of carbonyl (C=O) groups excluding carboxylic acids is 1. The fraction of sp³-hybridized carbons (Fsp3) is 0.364. The largest absolute Gasteiger partial charge is 0.398 e. The van der Waals surface area contributed by atoms with E-state index in [9.17, 15) is 17.6 Å². The van der Waals surface area contributed by atoms with Crippen LogP contribution in [0.2, 0.25) is 0 Å². The maximum absolute atomic E-state index is 13.7. The first kappa shape index (κ1) is 13.8. The zero-order valence-corrected chi connectivity index (χ0v) is 11.1. The van der Waals surface area contributed by atoms with Crippen LogP contribution in [0.1, 0.15) is 12.0 Å².